The van der Waals surface area contributed by atoms with Gasteiger partial charge in [0.25, 0.3) is 0 Å². The summed E-state index contributed by atoms with van der Waals surface area (Å²) in [6, 6.07) is 13.1. The summed E-state index contributed by atoms with van der Waals surface area (Å²) in [5, 5.41) is 12.1. The SMILES string of the molecule is CCn1c(SCC(=O)NCC(C)(C)c2cccc(C(F)(F)F)c2)nnc1-c1ccccc1C. The third-order valence-electron chi connectivity index (χ3n) is 5.45. The van der Waals surface area contributed by atoms with E-state index in [1.165, 1.54) is 17.8 Å². The molecule has 33 heavy (non-hydrogen) atoms. The molecule has 2 aromatic carbocycles. The van der Waals surface area contributed by atoms with Gasteiger partial charge >= 0.3 is 6.18 Å². The van der Waals surface area contributed by atoms with E-state index < -0.39 is 17.2 Å². The molecular weight excluding hydrogens is 449 g/mol. The number of rotatable bonds is 8. The number of aryl methyl sites for hydroxylation is 1. The Bertz CT molecular complexity index is 1120. The van der Waals surface area contributed by atoms with Gasteiger partial charge in [-0.2, -0.15) is 13.2 Å². The summed E-state index contributed by atoms with van der Waals surface area (Å²) in [5.74, 6) is 0.664. The van der Waals surface area contributed by atoms with Gasteiger partial charge in [-0.3, -0.25) is 4.79 Å². The smallest absolute Gasteiger partial charge is 0.355 e. The minimum Gasteiger partial charge on any atom is -0.355 e. The van der Waals surface area contributed by atoms with Crippen LogP contribution in [0.5, 0.6) is 0 Å². The molecule has 0 spiro atoms. The van der Waals surface area contributed by atoms with E-state index in [2.05, 4.69) is 15.5 Å². The molecule has 0 aliphatic rings. The maximum atomic E-state index is 13.0. The summed E-state index contributed by atoms with van der Waals surface area (Å²) in [7, 11) is 0. The fraction of sp³-hybridized carbons (Fsp3) is 0.375. The van der Waals surface area contributed by atoms with Crippen molar-refractivity contribution in [2.75, 3.05) is 12.3 Å². The molecule has 0 bridgehead atoms. The highest BCUT2D eigenvalue weighted by Crippen LogP contribution is 2.32. The molecule has 1 amide bonds. The zero-order valence-corrected chi connectivity index (χ0v) is 19.8. The van der Waals surface area contributed by atoms with Crippen LogP contribution in [-0.4, -0.2) is 33.0 Å². The standard InChI is InChI=1S/C24H27F3N4OS/c1-5-31-21(19-12-7-6-9-16(19)2)29-30-22(31)33-14-20(32)28-15-23(3,4)17-10-8-11-18(13-17)24(25,26)27/h6-13H,5,14-15H2,1-4H3,(H,28,32). The quantitative estimate of drug-likeness (QED) is 0.438. The Kier molecular flexibility index (Phi) is 7.51. The number of carbonyl (C=O) groups is 1. The highest BCUT2D eigenvalue weighted by Gasteiger charge is 2.32. The lowest BCUT2D eigenvalue weighted by Crippen LogP contribution is -2.37. The minimum atomic E-state index is -4.40. The Balaban J connectivity index is 1.63. The number of nitrogens with zero attached hydrogens (tertiary/aromatic N) is 3. The Hall–Kier alpha value is -2.81. The highest BCUT2D eigenvalue weighted by atomic mass is 32.2. The number of halogens is 3. The van der Waals surface area contributed by atoms with Crippen molar-refractivity contribution < 1.29 is 18.0 Å². The third kappa shape index (κ3) is 5.96. The summed E-state index contributed by atoms with van der Waals surface area (Å²) >= 11 is 1.28. The lowest BCUT2D eigenvalue weighted by atomic mass is 9.83. The molecular formula is C24H27F3N4OS. The van der Waals surface area contributed by atoms with Gasteiger partial charge in [-0.1, -0.05) is 68.1 Å². The van der Waals surface area contributed by atoms with Crippen LogP contribution in [0.25, 0.3) is 11.4 Å². The number of amides is 1. The molecule has 176 valence electrons. The van der Waals surface area contributed by atoms with Crippen molar-refractivity contribution in [1.82, 2.24) is 20.1 Å². The van der Waals surface area contributed by atoms with Gasteiger partial charge in [0.05, 0.1) is 11.3 Å². The van der Waals surface area contributed by atoms with Crippen LogP contribution in [0.4, 0.5) is 13.2 Å². The largest absolute Gasteiger partial charge is 0.416 e. The number of thioether (sulfide) groups is 1. The van der Waals surface area contributed by atoms with Gasteiger partial charge in [0.1, 0.15) is 0 Å². The van der Waals surface area contributed by atoms with Gasteiger partial charge in [-0.05, 0) is 31.0 Å². The van der Waals surface area contributed by atoms with E-state index in [-0.39, 0.29) is 18.2 Å². The molecule has 0 saturated heterocycles. The molecule has 3 rings (SSSR count). The van der Waals surface area contributed by atoms with E-state index in [9.17, 15) is 18.0 Å². The van der Waals surface area contributed by atoms with Crippen LogP contribution in [0.15, 0.2) is 53.7 Å². The van der Waals surface area contributed by atoms with Gasteiger partial charge in [0, 0.05) is 24.1 Å². The number of carbonyl (C=O) groups excluding carboxylic acids is 1. The van der Waals surface area contributed by atoms with Crippen molar-refractivity contribution in [2.24, 2.45) is 0 Å². The fourth-order valence-electron chi connectivity index (χ4n) is 3.42. The van der Waals surface area contributed by atoms with Gasteiger partial charge < -0.3 is 9.88 Å². The zero-order chi connectivity index (χ0) is 24.2. The van der Waals surface area contributed by atoms with E-state index in [0.29, 0.717) is 17.3 Å². The Morgan fingerprint density at radius 2 is 1.76 bits per heavy atom. The lowest BCUT2D eigenvalue weighted by molar-refractivity contribution is -0.137. The second kappa shape index (κ2) is 9.99. The lowest BCUT2D eigenvalue weighted by Gasteiger charge is -2.26. The van der Waals surface area contributed by atoms with E-state index in [0.717, 1.165) is 29.1 Å². The molecule has 0 unspecified atom stereocenters. The molecule has 5 nitrogen and oxygen atoms in total. The Morgan fingerprint density at radius 3 is 2.42 bits per heavy atom. The normalized spacial score (nSPS) is 12.1. The van der Waals surface area contributed by atoms with Crippen LogP contribution in [0, 0.1) is 6.92 Å². The maximum Gasteiger partial charge on any atom is 0.416 e. The molecule has 1 N–H and O–H groups in total. The summed E-state index contributed by atoms with van der Waals surface area (Å²) in [6.07, 6.45) is -4.40. The van der Waals surface area contributed by atoms with Crippen LogP contribution >= 0.6 is 11.8 Å². The molecule has 0 radical (unpaired) electrons. The third-order valence-corrected chi connectivity index (χ3v) is 6.42. The van der Waals surface area contributed by atoms with Gasteiger partial charge in [-0.15, -0.1) is 10.2 Å². The van der Waals surface area contributed by atoms with Gasteiger partial charge in [-0.25, -0.2) is 0 Å². The van der Waals surface area contributed by atoms with Gasteiger partial charge in [0.2, 0.25) is 5.91 Å². The second-order valence-electron chi connectivity index (χ2n) is 8.39. The first-order valence-electron chi connectivity index (χ1n) is 10.6. The van der Waals surface area contributed by atoms with Crippen molar-refractivity contribution in [2.45, 2.75) is 51.0 Å². The van der Waals surface area contributed by atoms with Crippen LogP contribution in [0.1, 0.15) is 37.5 Å². The minimum absolute atomic E-state index is 0.130. The second-order valence-corrected chi connectivity index (χ2v) is 9.34. The first-order valence-corrected chi connectivity index (χ1v) is 11.6. The summed E-state index contributed by atoms with van der Waals surface area (Å²) in [5.41, 5.74) is 1.23. The van der Waals surface area contributed by atoms with E-state index in [4.69, 9.17) is 0 Å². The number of aromatic nitrogens is 3. The first kappa shape index (κ1) is 24.8. The van der Waals surface area contributed by atoms with Crippen molar-refractivity contribution >= 4 is 17.7 Å². The predicted molar refractivity (Wildman–Crippen MR) is 124 cm³/mol. The molecule has 1 heterocycles. The summed E-state index contributed by atoms with van der Waals surface area (Å²) in [6.45, 7) is 8.48. The monoisotopic (exact) mass is 476 g/mol. The molecule has 3 aromatic rings. The molecule has 9 heteroatoms. The van der Waals surface area contributed by atoms with Crippen LogP contribution in [0.2, 0.25) is 0 Å². The molecule has 0 saturated carbocycles. The van der Waals surface area contributed by atoms with Crippen LogP contribution in [-0.2, 0) is 22.9 Å². The summed E-state index contributed by atoms with van der Waals surface area (Å²) in [4.78, 5) is 12.5. The number of alkyl halides is 3. The number of benzene rings is 2. The van der Waals surface area contributed by atoms with Crippen LogP contribution < -0.4 is 5.32 Å². The topological polar surface area (TPSA) is 59.8 Å². The average molecular weight is 477 g/mol. The van der Waals surface area contributed by atoms with E-state index in [1.807, 2.05) is 42.7 Å². The number of nitrogens with one attached hydrogen (secondary N) is 1. The highest BCUT2D eigenvalue weighted by molar-refractivity contribution is 7.99. The summed E-state index contributed by atoms with van der Waals surface area (Å²) < 4.78 is 41.1. The van der Waals surface area contributed by atoms with Crippen molar-refractivity contribution in [3.05, 3.63) is 65.2 Å². The number of hydrogen-bond donors (Lipinski definition) is 1. The average Bonchev–Trinajstić information content (AvgIpc) is 3.19. The van der Waals surface area contributed by atoms with Crippen LogP contribution in [0.3, 0.4) is 0 Å². The van der Waals surface area contributed by atoms with Crippen molar-refractivity contribution in [1.29, 1.82) is 0 Å². The molecule has 0 fully saturated rings. The number of hydrogen-bond acceptors (Lipinski definition) is 4. The molecule has 1 aromatic heterocycles. The Morgan fingerprint density at radius 1 is 1.06 bits per heavy atom. The fourth-order valence-corrected chi connectivity index (χ4v) is 4.26. The maximum absolute atomic E-state index is 13.0. The van der Waals surface area contributed by atoms with Gasteiger partial charge in [0.15, 0.2) is 11.0 Å². The Labute approximate surface area is 195 Å². The first-order chi connectivity index (χ1) is 15.5. The molecule has 0 atom stereocenters. The molecule has 0 aliphatic carbocycles. The van der Waals surface area contributed by atoms with E-state index in [1.54, 1.807) is 19.9 Å². The molecule has 0 aliphatic heterocycles. The van der Waals surface area contributed by atoms with Crippen molar-refractivity contribution in [3.8, 4) is 11.4 Å². The predicted octanol–water partition coefficient (Wildman–Crippen LogP) is 5.48. The van der Waals surface area contributed by atoms with E-state index >= 15 is 0 Å². The van der Waals surface area contributed by atoms with Crippen molar-refractivity contribution in [3.63, 3.8) is 0 Å². The zero-order valence-electron chi connectivity index (χ0n) is 19.0.